The molecule has 0 aliphatic heterocycles. The Bertz CT molecular complexity index is 774. The predicted molar refractivity (Wildman–Crippen MR) is 122 cm³/mol. The number of hydrogen-bond acceptors (Lipinski definition) is 5. The van der Waals surface area contributed by atoms with Gasteiger partial charge in [0.05, 0.1) is 18.1 Å². The van der Waals surface area contributed by atoms with Crippen molar-refractivity contribution in [1.29, 1.82) is 0 Å². The molecular weight excluding hydrogens is 518 g/mol. The molecule has 1 heterocycles. The fourth-order valence-corrected chi connectivity index (χ4v) is 2.59. The summed E-state index contributed by atoms with van der Waals surface area (Å²) in [5, 5.41) is 18.2. The van der Waals surface area contributed by atoms with Gasteiger partial charge in [-0.1, -0.05) is 29.3 Å². The van der Waals surface area contributed by atoms with E-state index >= 15 is 0 Å². The molecule has 0 radical (unpaired) electrons. The van der Waals surface area contributed by atoms with E-state index in [1.165, 1.54) is 6.33 Å². The van der Waals surface area contributed by atoms with E-state index in [0.29, 0.717) is 34.8 Å². The number of rotatable bonds is 8. The van der Waals surface area contributed by atoms with Crippen LogP contribution < -0.4 is 10.1 Å². The van der Waals surface area contributed by atoms with Gasteiger partial charge in [0.2, 0.25) is 0 Å². The van der Waals surface area contributed by atoms with E-state index in [9.17, 15) is 5.11 Å². The average molecular weight is 543 g/mol. The number of guanidine groups is 1. The van der Waals surface area contributed by atoms with Crippen LogP contribution in [-0.2, 0) is 13.6 Å². The zero-order chi connectivity index (χ0) is 19.8. The topological polar surface area (TPSA) is 87.8 Å². The SMILES string of the molecule is CCNC(=NCC(O)COc1cccc(Cl)c1Cl)N(C)Cc1ncnn1C.I. The highest BCUT2D eigenvalue weighted by atomic mass is 127. The van der Waals surface area contributed by atoms with Crippen molar-refractivity contribution in [2.24, 2.45) is 12.0 Å². The second-order valence-corrected chi connectivity index (χ2v) is 6.65. The molecule has 1 atom stereocenters. The lowest BCUT2D eigenvalue weighted by atomic mass is 10.3. The minimum atomic E-state index is -0.795. The number of aliphatic imine (C=N–C) groups is 1. The van der Waals surface area contributed by atoms with Gasteiger partial charge in [-0.25, -0.2) is 4.98 Å². The molecule has 0 bridgehead atoms. The zero-order valence-corrected chi connectivity index (χ0v) is 19.8. The average Bonchev–Trinajstić information content (AvgIpc) is 3.04. The minimum absolute atomic E-state index is 0. The summed E-state index contributed by atoms with van der Waals surface area (Å²) in [6, 6.07) is 5.11. The van der Waals surface area contributed by atoms with Crippen LogP contribution in [0.2, 0.25) is 10.0 Å². The molecule has 0 amide bonds. The number of benzene rings is 1. The maximum atomic E-state index is 10.2. The lowest BCUT2D eigenvalue weighted by Crippen LogP contribution is -2.39. The first kappa shape index (κ1) is 24.7. The number of aryl methyl sites for hydroxylation is 1. The highest BCUT2D eigenvalue weighted by molar-refractivity contribution is 14.0. The van der Waals surface area contributed by atoms with Crippen molar-refractivity contribution in [3.63, 3.8) is 0 Å². The van der Waals surface area contributed by atoms with E-state index < -0.39 is 6.10 Å². The summed E-state index contributed by atoms with van der Waals surface area (Å²) in [6.07, 6.45) is 0.715. The Kier molecular flexibility index (Phi) is 10.9. The Morgan fingerprint density at radius 3 is 2.82 bits per heavy atom. The Hall–Kier alpha value is -1.30. The summed E-state index contributed by atoms with van der Waals surface area (Å²) >= 11 is 12.0. The quantitative estimate of drug-likeness (QED) is 0.303. The number of hydrogen-bond donors (Lipinski definition) is 2. The van der Waals surface area contributed by atoms with E-state index in [1.54, 1.807) is 22.9 Å². The lowest BCUT2D eigenvalue weighted by molar-refractivity contribution is 0.114. The van der Waals surface area contributed by atoms with Crippen LogP contribution in [0.1, 0.15) is 12.7 Å². The molecule has 156 valence electrons. The van der Waals surface area contributed by atoms with Crippen LogP contribution in [0.15, 0.2) is 29.5 Å². The van der Waals surface area contributed by atoms with Crippen LogP contribution in [0.4, 0.5) is 0 Å². The first-order chi connectivity index (χ1) is 12.9. The Labute approximate surface area is 191 Å². The van der Waals surface area contributed by atoms with Gasteiger partial charge in [0.1, 0.15) is 35.6 Å². The summed E-state index contributed by atoms with van der Waals surface area (Å²) in [7, 11) is 3.73. The standard InChI is InChI=1S/C17H24Cl2N6O2.HI/c1-4-20-17(24(2)9-15-22-11-23-25(15)3)21-8-12(26)10-27-14-7-5-6-13(18)16(14)19;/h5-7,11-12,26H,4,8-10H2,1-3H3,(H,20,21);1H. The lowest BCUT2D eigenvalue weighted by Gasteiger charge is -2.22. The number of aliphatic hydroxyl groups excluding tert-OH is 1. The third kappa shape index (κ3) is 7.26. The molecule has 0 aliphatic carbocycles. The van der Waals surface area contributed by atoms with Crippen LogP contribution >= 0.6 is 47.2 Å². The second kappa shape index (κ2) is 12.3. The number of nitrogens with zero attached hydrogens (tertiary/aromatic N) is 5. The normalized spacial score (nSPS) is 12.3. The molecule has 2 N–H and O–H groups in total. The maximum Gasteiger partial charge on any atom is 0.194 e. The van der Waals surface area contributed by atoms with Gasteiger partial charge < -0.3 is 20.1 Å². The Balaban J connectivity index is 0.00000392. The van der Waals surface area contributed by atoms with Crippen molar-refractivity contribution in [2.45, 2.75) is 19.6 Å². The monoisotopic (exact) mass is 542 g/mol. The highest BCUT2D eigenvalue weighted by Crippen LogP contribution is 2.31. The highest BCUT2D eigenvalue weighted by Gasteiger charge is 2.12. The summed E-state index contributed by atoms with van der Waals surface area (Å²) in [6.45, 7) is 3.44. The van der Waals surface area contributed by atoms with Gasteiger partial charge in [0.25, 0.3) is 0 Å². The largest absolute Gasteiger partial charge is 0.489 e. The van der Waals surface area contributed by atoms with Gasteiger partial charge >= 0.3 is 0 Å². The Morgan fingerprint density at radius 2 is 2.18 bits per heavy atom. The third-order valence-corrected chi connectivity index (χ3v) is 4.48. The van der Waals surface area contributed by atoms with E-state index in [0.717, 1.165) is 5.82 Å². The van der Waals surface area contributed by atoms with Crippen molar-refractivity contribution >= 4 is 53.1 Å². The first-order valence-corrected chi connectivity index (χ1v) is 9.25. The van der Waals surface area contributed by atoms with E-state index in [1.807, 2.05) is 25.9 Å². The number of ether oxygens (including phenoxy) is 1. The summed E-state index contributed by atoms with van der Waals surface area (Å²) < 4.78 is 7.25. The van der Waals surface area contributed by atoms with Gasteiger partial charge in [-0.3, -0.25) is 9.67 Å². The number of aromatic nitrogens is 3. The zero-order valence-electron chi connectivity index (χ0n) is 16.0. The molecule has 11 heteroatoms. The summed E-state index contributed by atoms with van der Waals surface area (Å²) in [5.41, 5.74) is 0. The fraction of sp³-hybridized carbons (Fsp3) is 0.471. The van der Waals surface area contributed by atoms with Crippen molar-refractivity contribution in [2.75, 3.05) is 26.7 Å². The number of nitrogens with one attached hydrogen (secondary N) is 1. The van der Waals surface area contributed by atoms with Gasteiger partial charge in [-0.05, 0) is 19.1 Å². The van der Waals surface area contributed by atoms with Crippen LogP contribution in [0.5, 0.6) is 5.75 Å². The summed E-state index contributed by atoms with van der Waals surface area (Å²) in [4.78, 5) is 10.6. The van der Waals surface area contributed by atoms with Crippen molar-refractivity contribution in [3.8, 4) is 5.75 Å². The van der Waals surface area contributed by atoms with Crippen LogP contribution in [0.3, 0.4) is 0 Å². The first-order valence-electron chi connectivity index (χ1n) is 8.49. The van der Waals surface area contributed by atoms with Crippen LogP contribution in [-0.4, -0.2) is 63.6 Å². The molecule has 2 rings (SSSR count). The van der Waals surface area contributed by atoms with Crippen LogP contribution in [0.25, 0.3) is 0 Å². The van der Waals surface area contributed by atoms with E-state index in [4.69, 9.17) is 27.9 Å². The molecule has 8 nitrogen and oxygen atoms in total. The molecule has 1 aromatic heterocycles. The van der Waals surface area contributed by atoms with Gasteiger partial charge in [0.15, 0.2) is 5.96 Å². The molecule has 0 saturated carbocycles. The number of halogens is 3. The molecule has 28 heavy (non-hydrogen) atoms. The van der Waals surface area contributed by atoms with Gasteiger partial charge in [0, 0.05) is 20.6 Å². The second-order valence-electron chi connectivity index (χ2n) is 5.87. The molecule has 1 aromatic carbocycles. The van der Waals surface area contributed by atoms with Crippen molar-refractivity contribution in [3.05, 3.63) is 40.4 Å². The molecule has 0 aliphatic rings. The maximum absolute atomic E-state index is 10.2. The number of aliphatic hydroxyl groups is 1. The molecule has 0 fully saturated rings. The Morgan fingerprint density at radius 1 is 1.43 bits per heavy atom. The molecule has 2 aromatic rings. The molecule has 0 spiro atoms. The third-order valence-electron chi connectivity index (χ3n) is 3.68. The van der Waals surface area contributed by atoms with Gasteiger partial charge in [-0.15, -0.1) is 24.0 Å². The molecule has 1 unspecified atom stereocenters. The fourth-order valence-electron chi connectivity index (χ4n) is 2.25. The smallest absolute Gasteiger partial charge is 0.194 e. The van der Waals surface area contributed by atoms with Crippen LogP contribution in [0, 0.1) is 0 Å². The van der Waals surface area contributed by atoms with E-state index in [2.05, 4.69) is 20.4 Å². The molecular formula is C17H25Cl2IN6O2. The summed E-state index contributed by atoms with van der Waals surface area (Å²) in [5.74, 6) is 1.89. The minimum Gasteiger partial charge on any atom is -0.489 e. The van der Waals surface area contributed by atoms with E-state index in [-0.39, 0.29) is 37.1 Å². The van der Waals surface area contributed by atoms with Gasteiger partial charge in [-0.2, -0.15) is 5.10 Å². The predicted octanol–water partition coefficient (Wildman–Crippen LogP) is 2.58. The van der Waals surface area contributed by atoms with Crippen molar-refractivity contribution < 1.29 is 9.84 Å². The molecule has 0 saturated heterocycles. The van der Waals surface area contributed by atoms with Crippen molar-refractivity contribution in [1.82, 2.24) is 25.0 Å².